The number of rotatable bonds is 8. The van der Waals surface area contributed by atoms with Crippen LogP contribution in [0.3, 0.4) is 0 Å². The molecule has 0 spiro atoms. The largest absolute Gasteiger partial charge is 0.481 e. The van der Waals surface area contributed by atoms with Crippen molar-refractivity contribution in [3.63, 3.8) is 0 Å². The van der Waals surface area contributed by atoms with Crippen LogP contribution in [0.15, 0.2) is 37.0 Å². The van der Waals surface area contributed by atoms with E-state index in [-0.39, 0.29) is 12.5 Å². The lowest BCUT2D eigenvalue weighted by Gasteiger charge is -2.25. The molecule has 0 saturated carbocycles. The van der Waals surface area contributed by atoms with Gasteiger partial charge in [-0.3, -0.25) is 9.78 Å². The van der Waals surface area contributed by atoms with E-state index in [9.17, 15) is 10.1 Å². The molecular formula is C20H23N3O3. The van der Waals surface area contributed by atoms with Crippen molar-refractivity contribution in [3.05, 3.63) is 42.6 Å². The van der Waals surface area contributed by atoms with Gasteiger partial charge in [0.25, 0.3) is 5.91 Å². The lowest BCUT2D eigenvalue weighted by Crippen LogP contribution is -2.52. The van der Waals surface area contributed by atoms with Gasteiger partial charge in [-0.25, -0.2) is 0 Å². The number of methoxy groups -OCH3 is 1. The van der Waals surface area contributed by atoms with Crippen LogP contribution in [0, 0.1) is 11.3 Å². The second-order valence-electron chi connectivity index (χ2n) is 6.21. The van der Waals surface area contributed by atoms with E-state index in [2.05, 4.69) is 22.9 Å². The molecule has 2 rings (SSSR count). The van der Waals surface area contributed by atoms with Crippen LogP contribution in [-0.2, 0) is 9.53 Å². The molecule has 2 unspecified atom stereocenters. The number of nitriles is 1. The van der Waals surface area contributed by atoms with Crippen LogP contribution in [0.5, 0.6) is 5.75 Å². The monoisotopic (exact) mass is 353 g/mol. The molecule has 1 heterocycles. The zero-order chi connectivity index (χ0) is 19.2. The fourth-order valence-corrected chi connectivity index (χ4v) is 2.54. The van der Waals surface area contributed by atoms with Gasteiger partial charge in [0.05, 0.1) is 18.2 Å². The second-order valence-corrected chi connectivity index (χ2v) is 6.21. The molecule has 2 aromatic rings. The smallest absolute Gasteiger partial charge is 0.262 e. The highest BCUT2D eigenvalue weighted by Gasteiger charge is 2.30. The van der Waals surface area contributed by atoms with E-state index < -0.39 is 11.6 Å². The van der Waals surface area contributed by atoms with Gasteiger partial charge in [-0.2, -0.15) is 5.26 Å². The lowest BCUT2D eigenvalue weighted by molar-refractivity contribution is -0.129. The third-order valence-corrected chi connectivity index (χ3v) is 3.93. The van der Waals surface area contributed by atoms with Crippen LogP contribution in [0.1, 0.15) is 25.8 Å². The van der Waals surface area contributed by atoms with Gasteiger partial charge >= 0.3 is 0 Å². The maximum absolute atomic E-state index is 12.5. The Morgan fingerprint density at radius 2 is 2.27 bits per heavy atom. The van der Waals surface area contributed by atoms with Crippen LogP contribution in [0.25, 0.3) is 17.0 Å². The third kappa shape index (κ3) is 4.58. The summed E-state index contributed by atoms with van der Waals surface area (Å²) in [6.45, 7) is 7.30. The topological polar surface area (TPSA) is 84.2 Å². The van der Waals surface area contributed by atoms with Crippen LogP contribution in [0.4, 0.5) is 0 Å². The van der Waals surface area contributed by atoms with Gasteiger partial charge in [0.15, 0.2) is 6.10 Å². The Hall–Kier alpha value is -2.91. The number of nitrogens with zero attached hydrogens (tertiary/aromatic N) is 2. The minimum Gasteiger partial charge on any atom is -0.481 e. The number of hydrogen-bond donors (Lipinski definition) is 1. The number of amides is 1. The summed E-state index contributed by atoms with van der Waals surface area (Å²) in [5.41, 5.74) is 0.635. The number of pyridine rings is 1. The number of carbonyl (C=O) groups is 1. The Balaban J connectivity index is 2.18. The summed E-state index contributed by atoms with van der Waals surface area (Å²) in [4.78, 5) is 16.9. The summed E-state index contributed by atoms with van der Waals surface area (Å²) in [5, 5.41) is 12.9. The zero-order valence-corrected chi connectivity index (χ0v) is 15.3. The molecule has 2 atom stereocenters. The van der Waals surface area contributed by atoms with Crippen molar-refractivity contribution >= 4 is 22.9 Å². The van der Waals surface area contributed by atoms with Crippen LogP contribution in [-0.4, -0.2) is 36.3 Å². The average molecular weight is 353 g/mol. The predicted molar refractivity (Wildman–Crippen MR) is 101 cm³/mol. The van der Waals surface area contributed by atoms with Crippen molar-refractivity contribution < 1.29 is 14.3 Å². The molecule has 26 heavy (non-hydrogen) atoms. The first-order valence-corrected chi connectivity index (χ1v) is 8.35. The summed E-state index contributed by atoms with van der Waals surface area (Å²) in [5.74, 6) is 0.208. The number of carbonyl (C=O) groups excluding carboxylic acids is 1. The number of nitrogens with one attached hydrogen (secondary N) is 1. The molecule has 1 amide bonds. The van der Waals surface area contributed by atoms with Gasteiger partial charge in [-0.05, 0) is 43.2 Å². The van der Waals surface area contributed by atoms with Crippen molar-refractivity contribution in [2.45, 2.75) is 31.9 Å². The number of ether oxygens (including phenoxy) is 2. The van der Waals surface area contributed by atoms with Crippen molar-refractivity contribution in [2.24, 2.45) is 0 Å². The van der Waals surface area contributed by atoms with E-state index in [1.54, 1.807) is 25.3 Å². The Bertz CT molecular complexity index is 844. The Labute approximate surface area is 153 Å². The van der Waals surface area contributed by atoms with Gasteiger partial charge in [-0.1, -0.05) is 19.6 Å². The molecule has 0 aliphatic heterocycles. The quantitative estimate of drug-likeness (QED) is 0.788. The number of hydrogen-bond acceptors (Lipinski definition) is 5. The minimum absolute atomic E-state index is 0.0949. The highest BCUT2D eigenvalue weighted by atomic mass is 16.5. The van der Waals surface area contributed by atoms with E-state index in [1.165, 1.54) is 7.11 Å². The summed E-state index contributed by atoms with van der Waals surface area (Å²) < 4.78 is 10.9. The molecule has 0 radical (unpaired) electrons. The highest BCUT2D eigenvalue weighted by Crippen LogP contribution is 2.22. The molecule has 0 aliphatic rings. The van der Waals surface area contributed by atoms with E-state index in [0.29, 0.717) is 12.2 Å². The molecule has 1 N–H and O–H groups in total. The molecule has 6 nitrogen and oxygen atoms in total. The van der Waals surface area contributed by atoms with Crippen molar-refractivity contribution in [2.75, 3.05) is 13.7 Å². The van der Waals surface area contributed by atoms with E-state index in [0.717, 1.165) is 16.5 Å². The standard InChI is InChI=1S/C20H23N3O3/c1-5-14-9-15-10-16(7-8-17(15)22-11-14)26-18(6-2)19(24)23-20(3,12-21)13-25-4/h5,7-11,18H,1,6,13H2,2-4H3,(H,23,24). The molecular weight excluding hydrogens is 330 g/mol. The Morgan fingerprint density at radius 1 is 1.50 bits per heavy atom. The molecule has 0 saturated heterocycles. The van der Waals surface area contributed by atoms with Crippen LogP contribution >= 0.6 is 0 Å². The average Bonchev–Trinajstić information content (AvgIpc) is 2.65. The molecule has 0 bridgehead atoms. The first kappa shape index (κ1) is 19.4. The van der Waals surface area contributed by atoms with E-state index in [1.807, 2.05) is 25.1 Å². The number of benzene rings is 1. The normalized spacial score (nSPS) is 14.1. The predicted octanol–water partition coefficient (Wildman–Crippen LogP) is 3.08. The Morgan fingerprint density at radius 3 is 2.88 bits per heavy atom. The Kier molecular flexibility index (Phi) is 6.31. The molecule has 136 valence electrons. The summed E-state index contributed by atoms with van der Waals surface area (Å²) >= 11 is 0. The maximum Gasteiger partial charge on any atom is 0.262 e. The summed E-state index contributed by atoms with van der Waals surface area (Å²) in [7, 11) is 1.48. The van der Waals surface area contributed by atoms with Crippen LogP contribution < -0.4 is 10.1 Å². The van der Waals surface area contributed by atoms with Gasteiger partial charge in [0.2, 0.25) is 0 Å². The summed E-state index contributed by atoms with van der Waals surface area (Å²) in [6.07, 6.45) is 3.22. The van der Waals surface area contributed by atoms with Crippen LogP contribution in [0.2, 0.25) is 0 Å². The molecule has 0 aliphatic carbocycles. The molecule has 6 heteroatoms. The fourth-order valence-electron chi connectivity index (χ4n) is 2.54. The van der Waals surface area contributed by atoms with Crippen molar-refractivity contribution in [1.82, 2.24) is 10.3 Å². The highest BCUT2D eigenvalue weighted by molar-refractivity contribution is 5.84. The fraction of sp³-hybridized carbons (Fsp3) is 0.350. The second kappa shape index (κ2) is 8.45. The van der Waals surface area contributed by atoms with Crippen molar-refractivity contribution in [1.29, 1.82) is 5.26 Å². The summed E-state index contributed by atoms with van der Waals surface area (Å²) in [6, 6.07) is 9.46. The molecule has 1 aromatic carbocycles. The lowest BCUT2D eigenvalue weighted by atomic mass is 10.1. The maximum atomic E-state index is 12.5. The van der Waals surface area contributed by atoms with Gasteiger partial charge in [0.1, 0.15) is 11.3 Å². The first-order valence-electron chi connectivity index (χ1n) is 8.35. The molecule has 1 aromatic heterocycles. The zero-order valence-electron chi connectivity index (χ0n) is 15.3. The number of fused-ring (bicyclic) bond motifs is 1. The van der Waals surface area contributed by atoms with E-state index in [4.69, 9.17) is 9.47 Å². The van der Waals surface area contributed by atoms with Gasteiger partial charge in [-0.15, -0.1) is 0 Å². The minimum atomic E-state index is -1.10. The number of aromatic nitrogens is 1. The first-order chi connectivity index (χ1) is 12.4. The van der Waals surface area contributed by atoms with Gasteiger partial charge in [0, 0.05) is 18.7 Å². The van der Waals surface area contributed by atoms with Crippen molar-refractivity contribution in [3.8, 4) is 11.8 Å². The molecule has 0 fully saturated rings. The van der Waals surface area contributed by atoms with Gasteiger partial charge < -0.3 is 14.8 Å². The SMILES string of the molecule is C=Cc1cnc2ccc(OC(CC)C(=O)NC(C)(C#N)COC)cc2c1. The third-order valence-electron chi connectivity index (χ3n) is 3.93. The van der Waals surface area contributed by atoms with E-state index >= 15 is 0 Å².